The lowest BCUT2D eigenvalue weighted by Gasteiger charge is -2.25. The fraction of sp³-hybridized carbons (Fsp3) is 0.875. The Morgan fingerprint density at radius 2 is 2.00 bits per heavy atom. The number of carbonyl (C=O) groups excluding carboxylic acids is 1. The SMILES string of the molecule is CC(C)NC(=O)CC1CS(=O)(=O)C1. The molecule has 1 fully saturated rings. The van der Waals surface area contributed by atoms with Gasteiger partial charge in [0.1, 0.15) is 0 Å². The van der Waals surface area contributed by atoms with Gasteiger partial charge in [0.15, 0.2) is 9.84 Å². The van der Waals surface area contributed by atoms with Crippen molar-refractivity contribution in [2.75, 3.05) is 11.5 Å². The highest BCUT2D eigenvalue weighted by atomic mass is 32.2. The fourth-order valence-corrected chi connectivity index (χ4v) is 3.00. The Kier molecular flexibility index (Phi) is 2.95. The molecule has 13 heavy (non-hydrogen) atoms. The smallest absolute Gasteiger partial charge is 0.220 e. The van der Waals surface area contributed by atoms with Crippen molar-refractivity contribution in [1.29, 1.82) is 0 Å². The molecular formula is C8H15NO3S. The first-order chi connectivity index (χ1) is 5.89. The number of carbonyl (C=O) groups is 1. The van der Waals surface area contributed by atoms with Gasteiger partial charge in [-0.2, -0.15) is 0 Å². The monoisotopic (exact) mass is 205 g/mol. The van der Waals surface area contributed by atoms with Crippen molar-refractivity contribution in [3.8, 4) is 0 Å². The van der Waals surface area contributed by atoms with Crippen molar-refractivity contribution in [3.63, 3.8) is 0 Å². The summed E-state index contributed by atoms with van der Waals surface area (Å²) in [5, 5.41) is 2.74. The van der Waals surface area contributed by atoms with Crippen LogP contribution in [0.2, 0.25) is 0 Å². The van der Waals surface area contributed by atoms with Crippen LogP contribution < -0.4 is 5.32 Å². The quantitative estimate of drug-likeness (QED) is 0.702. The van der Waals surface area contributed by atoms with E-state index in [1.54, 1.807) is 0 Å². The van der Waals surface area contributed by atoms with Crippen LogP contribution in [-0.4, -0.2) is 31.9 Å². The Labute approximate surface area is 78.6 Å². The summed E-state index contributed by atoms with van der Waals surface area (Å²) >= 11 is 0. The van der Waals surface area contributed by atoms with Crippen molar-refractivity contribution < 1.29 is 13.2 Å². The van der Waals surface area contributed by atoms with Gasteiger partial charge in [-0.3, -0.25) is 4.79 Å². The highest BCUT2D eigenvalue weighted by Gasteiger charge is 2.34. The Morgan fingerprint density at radius 1 is 1.46 bits per heavy atom. The zero-order chi connectivity index (χ0) is 10.1. The lowest BCUT2D eigenvalue weighted by molar-refractivity contribution is -0.122. The Hall–Kier alpha value is -0.580. The molecule has 0 saturated carbocycles. The summed E-state index contributed by atoms with van der Waals surface area (Å²) in [6, 6.07) is 0.129. The van der Waals surface area contributed by atoms with E-state index in [9.17, 15) is 13.2 Å². The van der Waals surface area contributed by atoms with Crippen LogP contribution in [0.3, 0.4) is 0 Å². The largest absolute Gasteiger partial charge is 0.354 e. The molecule has 4 nitrogen and oxygen atoms in total. The number of nitrogens with one attached hydrogen (secondary N) is 1. The van der Waals surface area contributed by atoms with Gasteiger partial charge in [0.05, 0.1) is 11.5 Å². The maximum absolute atomic E-state index is 11.2. The van der Waals surface area contributed by atoms with Crippen LogP contribution >= 0.6 is 0 Å². The third kappa shape index (κ3) is 3.34. The predicted molar refractivity (Wildman–Crippen MR) is 50.0 cm³/mol. The second kappa shape index (κ2) is 3.65. The first kappa shape index (κ1) is 10.5. The number of rotatable bonds is 3. The molecule has 0 aromatic rings. The molecule has 0 bridgehead atoms. The summed E-state index contributed by atoms with van der Waals surface area (Å²) in [5.41, 5.74) is 0. The highest BCUT2D eigenvalue weighted by Crippen LogP contribution is 2.21. The van der Waals surface area contributed by atoms with Crippen LogP contribution in [0.25, 0.3) is 0 Å². The minimum Gasteiger partial charge on any atom is -0.354 e. The number of hydrogen-bond acceptors (Lipinski definition) is 3. The van der Waals surface area contributed by atoms with Gasteiger partial charge in [-0.1, -0.05) is 0 Å². The minimum absolute atomic E-state index is 0.0451. The van der Waals surface area contributed by atoms with Gasteiger partial charge < -0.3 is 5.32 Å². The van der Waals surface area contributed by atoms with Crippen LogP contribution in [0.5, 0.6) is 0 Å². The van der Waals surface area contributed by atoms with E-state index in [1.165, 1.54) is 0 Å². The Morgan fingerprint density at radius 3 is 2.38 bits per heavy atom. The van der Waals surface area contributed by atoms with Crippen molar-refractivity contribution in [2.24, 2.45) is 5.92 Å². The molecule has 0 atom stereocenters. The first-order valence-corrected chi connectivity index (χ1v) is 6.21. The number of hydrogen-bond donors (Lipinski definition) is 1. The van der Waals surface area contributed by atoms with E-state index in [4.69, 9.17) is 0 Å². The van der Waals surface area contributed by atoms with Gasteiger partial charge >= 0.3 is 0 Å². The maximum atomic E-state index is 11.2. The van der Waals surface area contributed by atoms with Gasteiger partial charge in [-0.05, 0) is 19.8 Å². The van der Waals surface area contributed by atoms with E-state index in [0.717, 1.165) is 0 Å². The first-order valence-electron chi connectivity index (χ1n) is 4.39. The third-order valence-corrected chi connectivity index (χ3v) is 3.86. The Bertz CT molecular complexity index is 283. The molecule has 0 aliphatic carbocycles. The zero-order valence-corrected chi connectivity index (χ0v) is 8.73. The third-order valence-electron chi connectivity index (χ3n) is 1.90. The standard InChI is InChI=1S/C8H15NO3S/c1-6(2)9-8(10)3-7-4-13(11,12)5-7/h6-7H,3-5H2,1-2H3,(H,9,10). The van der Waals surface area contributed by atoms with E-state index in [1.807, 2.05) is 13.8 Å². The topological polar surface area (TPSA) is 63.2 Å². The summed E-state index contributed by atoms with van der Waals surface area (Å²) in [6.07, 6.45) is 0.345. The lowest BCUT2D eigenvalue weighted by Crippen LogP contribution is -2.41. The van der Waals surface area contributed by atoms with Gasteiger partial charge in [0.2, 0.25) is 5.91 Å². The average molecular weight is 205 g/mol. The molecular weight excluding hydrogens is 190 g/mol. The van der Waals surface area contributed by atoms with Gasteiger partial charge in [-0.15, -0.1) is 0 Å². The van der Waals surface area contributed by atoms with E-state index in [-0.39, 0.29) is 29.4 Å². The summed E-state index contributed by atoms with van der Waals surface area (Å²) in [5.74, 6) is 0.357. The van der Waals surface area contributed by atoms with E-state index in [0.29, 0.717) is 6.42 Å². The van der Waals surface area contributed by atoms with E-state index in [2.05, 4.69) is 5.32 Å². The second-order valence-electron chi connectivity index (χ2n) is 3.87. The van der Waals surface area contributed by atoms with E-state index < -0.39 is 9.84 Å². The maximum Gasteiger partial charge on any atom is 0.220 e. The molecule has 1 N–H and O–H groups in total. The second-order valence-corrected chi connectivity index (χ2v) is 6.02. The van der Waals surface area contributed by atoms with E-state index >= 15 is 0 Å². The highest BCUT2D eigenvalue weighted by molar-refractivity contribution is 7.92. The molecule has 0 spiro atoms. The molecule has 1 aliphatic heterocycles. The van der Waals surface area contributed by atoms with Gasteiger partial charge in [0, 0.05) is 12.5 Å². The van der Waals surface area contributed by atoms with Crippen molar-refractivity contribution >= 4 is 15.7 Å². The normalized spacial score (nSPS) is 21.2. The van der Waals surface area contributed by atoms with Crippen molar-refractivity contribution in [1.82, 2.24) is 5.32 Å². The molecule has 0 aromatic carbocycles. The van der Waals surface area contributed by atoms with Gasteiger partial charge in [-0.25, -0.2) is 8.42 Å². The van der Waals surface area contributed by atoms with Gasteiger partial charge in [0.25, 0.3) is 0 Å². The van der Waals surface area contributed by atoms with Crippen LogP contribution in [0.4, 0.5) is 0 Å². The molecule has 1 saturated heterocycles. The van der Waals surface area contributed by atoms with Crippen LogP contribution in [0.15, 0.2) is 0 Å². The molecule has 76 valence electrons. The molecule has 0 radical (unpaired) electrons. The molecule has 0 unspecified atom stereocenters. The molecule has 5 heteroatoms. The molecule has 0 aromatic heterocycles. The summed E-state index contributed by atoms with van der Waals surface area (Å²) in [6.45, 7) is 3.77. The fourth-order valence-electron chi connectivity index (χ4n) is 1.43. The molecule has 1 amide bonds. The summed E-state index contributed by atoms with van der Waals surface area (Å²) in [4.78, 5) is 11.2. The number of sulfone groups is 1. The minimum atomic E-state index is -2.78. The molecule has 1 heterocycles. The molecule has 1 aliphatic rings. The van der Waals surface area contributed by atoms with Crippen LogP contribution in [0, 0.1) is 5.92 Å². The van der Waals surface area contributed by atoms with Crippen molar-refractivity contribution in [2.45, 2.75) is 26.3 Å². The summed E-state index contributed by atoms with van der Waals surface area (Å²) in [7, 11) is -2.78. The zero-order valence-electron chi connectivity index (χ0n) is 7.91. The van der Waals surface area contributed by atoms with Crippen LogP contribution in [-0.2, 0) is 14.6 Å². The van der Waals surface area contributed by atoms with Crippen molar-refractivity contribution in [3.05, 3.63) is 0 Å². The number of amides is 1. The predicted octanol–water partition coefficient (Wildman–Crippen LogP) is -0.0543. The Balaban J connectivity index is 2.24. The van der Waals surface area contributed by atoms with Crippen LogP contribution in [0.1, 0.15) is 20.3 Å². The summed E-state index contributed by atoms with van der Waals surface area (Å²) < 4.78 is 21.5. The lowest BCUT2D eigenvalue weighted by atomic mass is 10.1. The average Bonchev–Trinajstić information content (AvgIpc) is 1.79. The molecule has 1 rings (SSSR count).